The lowest BCUT2D eigenvalue weighted by Crippen LogP contribution is -2.05. The third kappa shape index (κ3) is 5.15. The Morgan fingerprint density at radius 1 is 0.558 bits per heavy atom. The second-order valence-electron chi connectivity index (χ2n) is 9.07. The molecule has 4 aromatic carbocycles. The van der Waals surface area contributed by atoms with Crippen LogP contribution in [0.4, 0.5) is 0 Å². The number of ether oxygens (including phenoxy) is 6. The Hall–Kier alpha value is -6.30. The highest BCUT2D eigenvalue weighted by Gasteiger charge is 2.31. The topological polar surface area (TPSA) is 158 Å². The van der Waals surface area contributed by atoms with Crippen molar-refractivity contribution in [2.24, 2.45) is 0 Å². The SMILES string of the molecule is COC(=O)c1cc(Oc2cc(Oc3ccc4c(c3)C(=O)OC4=O)cc(Oc3ccc4c(c3)C(=O)OC4=O)c2)ccc1C=O. The highest BCUT2D eigenvalue weighted by atomic mass is 16.6. The zero-order valence-electron chi connectivity index (χ0n) is 21.9. The molecule has 0 fully saturated rings. The maximum Gasteiger partial charge on any atom is 0.347 e. The van der Waals surface area contributed by atoms with E-state index in [-0.39, 0.29) is 67.9 Å². The van der Waals surface area contributed by atoms with Crippen molar-refractivity contribution in [2.75, 3.05) is 7.11 Å². The Balaban J connectivity index is 1.36. The summed E-state index contributed by atoms with van der Waals surface area (Å²) in [5.74, 6) is -2.82. The van der Waals surface area contributed by atoms with Crippen molar-refractivity contribution in [3.8, 4) is 34.5 Å². The van der Waals surface area contributed by atoms with Crippen LogP contribution < -0.4 is 14.2 Å². The van der Waals surface area contributed by atoms with Crippen LogP contribution >= 0.6 is 0 Å². The zero-order chi connectivity index (χ0) is 30.2. The molecule has 6 rings (SSSR count). The van der Waals surface area contributed by atoms with Gasteiger partial charge in [0.1, 0.15) is 34.5 Å². The molecule has 0 saturated carbocycles. The van der Waals surface area contributed by atoms with E-state index in [9.17, 15) is 28.8 Å². The summed E-state index contributed by atoms with van der Waals surface area (Å²) < 4.78 is 31.8. The summed E-state index contributed by atoms with van der Waals surface area (Å²) in [6, 6.07) is 17.0. The summed E-state index contributed by atoms with van der Waals surface area (Å²) in [6.07, 6.45) is 0.510. The molecule has 0 bridgehead atoms. The summed E-state index contributed by atoms with van der Waals surface area (Å²) in [5.41, 5.74) is 0.369. The number of carbonyl (C=O) groups is 6. The molecule has 4 aromatic rings. The van der Waals surface area contributed by atoms with Gasteiger partial charge in [-0.3, -0.25) is 4.79 Å². The first-order valence-electron chi connectivity index (χ1n) is 12.4. The van der Waals surface area contributed by atoms with E-state index in [2.05, 4.69) is 9.47 Å². The molecule has 0 amide bonds. The predicted octanol–water partition coefficient (Wildman–Crippen LogP) is 5.28. The standard InChI is InChI=1S/C31H16O12/c1-38-27(33)24-11-16(3-2-15(24)14-32)39-19-8-20(40-17-4-6-22-25(12-17)30(36)42-28(22)34)10-21(9-19)41-18-5-7-23-26(13-18)31(37)43-29(23)35/h2-14H,1H3. The number of carbonyl (C=O) groups excluding carboxylic acids is 6. The van der Waals surface area contributed by atoms with Crippen LogP contribution in [0.1, 0.15) is 62.1 Å². The van der Waals surface area contributed by atoms with Gasteiger partial charge in [0.2, 0.25) is 0 Å². The monoisotopic (exact) mass is 580 g/mol. The Morgan fingerprint density at radius 2 is 0.977 bits per heavy atom. The molecule has 0 atom stereocenters. The van der Waals surface area contributed by atoms with E-state index in [0.717, 1.165) is 0 Å². The summed E-state index contributed by atoms with van der Waals surface area (Å²) in [4.78, 5) is 71.2. The van der Waals surface area contributed by atoms with E-state index in [1.165, 1.54) is 79.9 Å². The van der Waals surface area contributed by atoms with Crippen molar-refractivity contribution >= 4 is 36.1 Å². The van der Waals surface area contributed by atoms with Crippen molar-refractivity contribution in [3.05, 3.63) is 106 Å². The fraction of sp³-hybridized carbons (Fsp3) is 0.0323. The number of benzene rings is 4. The van der Waals surface area contributed by atoms with Gasteiger partial charge >= 0.3 is 29.8 Å². The fourth-order valence-electron chi connectivity index (χ4n) is 4.37. The van der Waals surface area contributed by atoms with E-state index in [4.69, 9.17) is 18.9 Å². The maximum atomic E-state index is 12.2. The molecule has 2 aliphatic heterocycles. The van der Waals surface area contributed by atoms with Crippen molar-refractivity contribution in [3.63, 3.8) is 0 Å². The first-order valence-corrected chi connectivity index (χ1v) is 12.4. The Morgan fingerprint density at radius 3 is 1.42 bits per heavy atom. The van der Waals surface area contributed by atoms with Gasteiger partial charge in [-0.25, -0.2) is 24.0 Å². The molecular formula is C31H16O12. The maximum absolute atomic E-state index is 12.2. The van der Waals surface area contributed by atoms with Gasteiger partial charge in [-0.2, -0.15) is 0 Å². The molecule has 0 saturated heterocycles. The molecule has 2 aliphatic rings. The summed E-state index contributed by atoms with van der Waals surface area (Å²) in [5, 5.41) is 0. The lowest BCUT2D eigenvalue weighted by Gasteiger charge is -2.14. The lowest BCUT2D eigenvalue weighted by atomic mass is 10.1. The summed E-state index contributed by atoms with van der Waals surface area (Å²) >= 11 is 0. The molecule has 43 heavy (non-hydrogen) atoms. The normalized spacial score (nSPS) is 13.0. The van der Waals surface area contributed by atoms with Crippen LogP contribution in [0.2, 0.25) is 0 Å². The van der Waals surface area contributed by atoms with Crippen LogP contribution in [-0.4, -0.2) is 43.2 Å². The second kappa shape index (κ2) is 10.6. The molecule has 0 aliphatic carbocycles. The Kier molecular flexibility index (Phi) is 6.63. The average molecular weight is 580 g/mol. The third-order valence-corrected chi connectivity index (χ3v) is 6.35. The van der Waals surface area contributed by atoms with Crippen LogP contribution in [0.15, 0.2) is 72.8 Å². The summed E-state index contributed by atoms with van der Waals surface area (Å²) in [6.45, 7) is 0. The predicted molar refractivity (Wildman–Crippen MR) is 142 cm³/mol. The van der Waals surface area contributed by atoms with Gasteiger partial charge in [-0.05, 0) is 54.6 Å². The average Bonchev–Trinajstić information content (AvgIpc) is 3.44. The first-order chi connectivity index (χ1) is 20.7. The smallest absolute Gasteiger partial charge is 0.347 e. The number of cyclic esters (lactones) is 4. The number of methoxy groups -OCH3 is 1. The highest BCUT2D eigenvalue weighted by Crippen LogP contribution is 2.37. The van der Waals surface area contributed by atoms with E-state index in [1.54, 1.807) is 0 Å². The largest absolute Gasteiger partial charge is 0.465 e. The highest BCUT2D eigenvalue weighted by molar-refractivity contribution is 6.15. The number of hydrogen-bond donors (Lipinski definition) is 0. The van der Waals surface area contributed by atoms with E-state index in [1.807, 2.05) is 0 Å². The first kappa shape index (κ1) is 26.9. The number of rotatable bonds is 8. The molecule has 0 spiro atoms. The van der Waals surface area contributed by atoms with Gasteiger partial charge in [-0.1, -0.05) is 0 Å². The fourth-order valence-corrected chi connectivity index (χ4v) is 4.37. The van der Waals surface area contributed by atoms with Gasteiger partial charge in [0, 0.05) is 23.8 Å². The van der Waals surface area contributed by atoms with Gasteiger partial charge in [0.05, 0.1) is 34.9 Å². The molecule has 12 nitrogen and oxygen atoms in total. The van der Waals surface area contributed by atoms with E-state index < -0.39 is 29.8 Å². The molecule has 0 N–H and O–H groups in total. The van der Waals surface area contributed by atoms with E-state index >= 15 is 0 Å². The number of esters is 5. The number of aldehydes is 1. The van der Waals surface area contributed by atoms with Crippen molar-refractivity contribution in [2.45, 2.75) is 0 Å². The van der Waals surface area contributed by atoms with Gasteiger partial charge in [0.25, 0.3) is 0 Å². The second-order valence-corrected chi connectivity index (χ2v) is 9.07. The van der Waals surface area contributed by atoms with Gasteiger partial charge in [-0.15, -0.1) is 0 Å². The Labute approximate surface area is 241 Å². The molecule has 0 radical (unpaired) electrons. The van der Waals surface area contributed by atoms with Crippen LogP contribution in [0.3, 0.4) is 0 Å². The van der Waals surface area contributed by atoms with Crippen molar-refractivity contribution < 1.29 is 57.2 Å². The van der Waals surface area contributed by atoms with Crippen molar-refractivity contribution in [1.82, 2.24) is 0 Å². The third-order valence-electron chi connectivity index (χ3n) is 6.35. The molecule has 2 heterocycles. The van der Waals surface area contributed by atoms with Crippen LogP contribution in [-0.2, 0) is 14.2 Å². The molecule has 12 heteroatoms. The minimum atomic E-state index is -0.805. The lowest BCUT2D eigenvalue weighted by molar-refractivity contribution is 0.0425. The van der Waals surface area contributed by atoms with Crippen LogP contribution in [0.25, 0.3) is 0 Å². The van der Waals surface area contributed by atoms with Crippen LogP contribution in [0, 0.1) is 0 Å². The molecular weight excluding hydrogens is 564 g/mol. The summed E-state index contributed by atoms with van der Waals surface area (Å²) in [7, 11) is 1.18. The zero-order valence-corrected chi connectivity index (χ0v) is 21.9. The van der Waals surface area contributed by atoms with Gasteiger partial charge < -0.3 is 28.4 Å². The van der Waals surface area contributed by atoms with Crippen LogP contribution in [0.5, 0.6) is 34.5 Å². The quantitative estimate of drug-likeness (QED) is 0.115. The number of hydrogen-bond acceptors (Lipinski definition) is 12. The van der Waals surface area contributed by atoms with Crippen molar-refractivity contribution in [1.29, 1.82) is 0 Å². The Bertz CT molecular complexity index is 1810. The molecule has 212 valence electrons. The minimum absolute atomic E-state index is 0.0157. The number of fused-ring (bicyclic) bond motifs is 2. The van der Waals surface area contributed by atoms with E-state index in [0.29, 0.717) is 6.29 Å². The minimum Gasteiger partial charge on any atom is -0.465 e. The molecule has 0 unspecified atom stereocenters. The molecule has 0 aromatic heterocycles. The van der Waals surface area contributed by atoms with Gasteiger partial charge in [0.15, 0.2) is 6.29 Å².